The molecule has 160 valence electrons. The minimum absolute atomic E-state index is 0.0789. The molecule has 1 aliphatic rings. The average molecular weight is 408 g/mol. The van der Waals surface area contributed by atoms with E-state index in [-0.39, 0.29) is 19.6 Å². The van der Waals surface area contributed by atoms with Crippen molar-refractivity contribution < 1.29 is 38.4 Å². The summed E-state index contributed by atoms with van der Waals surface area (Å²) in [5.41, 5.74) is -1.29. The Kier molecular flexibility index (Phi) is 7.24. The lowest BCUT2D eigenvalue weighted by molar-refractivity contribution is -0.172. The van der Waals surface area contributed by atoms with Crippen LogP contribution >= 0.6 is 0 Å². The molecule has 0 aliphatic heterocycles. The molecular weight excluding hydrogens is 380 g/mol. The zero-order valence-electron chi connectivity index (χ0n) is 17.4. The van der Waals surface area contributed by atoms with Gasteiger partial charge >= 0.3 is 11.9 Å². The first kappa shape index (κ1) is 22.7. The quantitative estimate of drug-likeness (QED) is 0.538. The highest BCUT2D eigenvalue weighted by Crippen LogP contribution is 2.49. The highest BCUT2D eigenvalue weighted by Gasteiger charge is 2.57. The molecule has 0 heterocycles. The Hall–Kier alpha value is -2.61. The van der Waals surface area contributed by atoms with E-state index in [2.05, 4.69) is 0 Å². The lowest BCUT2D eigenvalue weighted by Gasteiger charge is -2.43. The van der Waals surface area contributed by atoms with Gasteiger partial charge in [-0.05, 0) is 32.4 Å². The van der Waals surface area contributed by atoms with Crippen molar-refractivity contribution in [1.82, 2.24) is 0 Å². The standard InChI is InChI=1S/C21H28O8/c1-6-28-19(23)17-14(22)11-21(3,25)18(20(24)29-7-2)16(17)13-9-8-12(26-4)10-15(13)27-5/h8-10,16-18,25H,6-7,11H2,1-5H3/t16-,17-,18+,21-/m0/s1. The van der Waals surface area contributed by atoms with Crippen LogP contribution in [0.2, 0.25) is 0 Å². The lowest BCUT2D eigenvalue weighted by Crippen LogP contribution is -2.55. The Bertz CT molecular complexity index is 770. The normalized spacial score (nSPS) is 26.6. The predicted molar refractivity (Wildman–Crippen MR) is 103 cm³/mol. The first-order chi connectivity index (χ1) is 13.7. The second kappa shape index (κ2) is 9.26. The molecular formula is C21H28O8. The first-order valence-electron chi connectivity index (χ1n) is 9.52. The molecule has 29 heavy (non-hydrogen) atoms. The summed E-state index contributed by atoms with van der Waals surface area (Å²) in [5.74, 6) is -4.58. The second-order valence-corrected chi connectivity index (χ2v) is 7.09. The minimum atomic E-state index is -1.71. The number of ketones is 1. The van der Waals surface area contributed by atoms with Gasteiger partial charge in [0.15, 0.2) is 5.78 Å². The molecule has 0 spiro atoms. The third-order valence-corrected chi connectivity index (χ3v) is 5.15. The van der Waals surface area contributed by atoms with Crippen LogP contribution in [-0.2, 0) is 23.9 Å². The fraction of sp³-hybridized carbons (Fsp3) is 0.571. The van der Waals surface area contributed by atoms with Gasteiger partial charge < -0.3 is 24.1 Å². The van der Waals surface area contributed by atoms with Gasteiger partial charge in [0.05, 0.1) is 39.0 Å². The van der Waals surface area contributed by atoms with E-state index in [1.165, 1.54) is 21.1 Å². The van der Waals surface area contributed by atoms with E-state index in [0.717, 1.165) is 0 Å². The highest BCUT2D eigenvalue weighted by molar-refractivity contribution is 6.03. The zero-order valence-corrected chi connectivity index (χ0v) is 17.4. The number of carbonyl (C=O) groups excluding carboxylic acids is 3. The third kappa shape index (κ3) is 4.53. The maximum atomic E-state index is 12.9. The van der Waals surface area contributed by atoms with Crippen molar-refractivity contribution in [3.8, 4) is 11.5 Å². The minimum Gasteiger partial charge on any atom is -0.497 e. The largest absolute Gasteiger partial charge is 0.497 e. The van der Waals surface area contributed by atoms with Crippen molar-refractivity contribution in [2.24, 2.45) is 11.8 Å². The van der Waals surface area contributed by atoms with Crippen molar-refractivity contribution in [2.75, 3.05) is 27.4 Å². The van der Waals surface area contributed by atoms with Gasteiger partial charge in [-0.15, -0.1) is 0 Å². The van der Waals surface area contributed by atoms with Crippen LogP contribution < -0.4 is 9.47 Å². The Morgan fingerprint density at radius 1 is 1.10 bits per heavy atom. The number of carbonyl (C=O) groups is 3. The Morgan fingerprint density at radius 3 is 2.28 bits per heavy atom. The van der Waals surface area contributed by atoms with Gasteiger partial charge in [-0.2, -0.15) is 0 Å². The molecule has 1 fully saturated rings. The van der Waals surface area contributed by atoms with E-state index < -0.39 is 41.1 Å². The van der Waals surface area contributed by atoms with E-state index in [9.17, 15) is 19.5 Å². The lowest BCUT2D eigenvalue weighted by atomic mass is 9.61. The summed E-state index contributed by atoms with van der Waals surface area (Å²) < 4.78 is 21.0. The van der Waals surface area contributed by atoms with Crippen molar-refractivity contribution in [3.63, 3.8) is 0 Å². The molecule has 4 atom stereocenters. The first-order valence-corrected chi connectivity index (χ1v) is 9.52. The Balaban J connectivity index is 2.71. The van der Waals surface area contributed by atoms with E-state index in [4.69, 9.17) is 18.9 Å². The van der Waals surface area contributed by atoms with Gasteiger partial charge in [0, 0.05) is 18.4 Å². The second-order valence-electron chi connectivity index (χ2n) is 7.09. The van der Waals surface area contributed by atoms with E-state index >= 15 is 0 Å². The van der Waals surface area contributed by atoms with Crippen LogP contribution in [0.3, 0.4) is 0 Å². The molecule has 1 aromatic rings. The molecule has 8 heteroatoms. The predicted octanol–water partition coefficient (Wildman–Crippen LogP) is 1.87. The Morgan fingerprint density at radius 2 is 1.72 bits per heavy atom. The van der Waals surface area contributed by atoms with Crippen LogP contribution in [0.15, 0.2) is 18.2 Å². The van der Waals surface area contributed by atoms with Crippen LogP contribution in [0.1, 0.15) is 38.7 Å². The highest BCUT2D eigenvalue weighted by atomic mass is 16.5. The van der Waals surface area contributed by atoms with Crippen molar-refractivity contribution in [1.29, 1.82) is 0 Å². The van der Waals surface area contributed by atoms with Crippen molar-refractivity contribution >= 4 is 17.7 Å². The van der Waals surface area contributed by atoms with Crippen LogP contribution in [0, 0.1) is 11.8 Å². The molecule has 1 N–H and O–H groups in total. The monoisotopic (exact) mass is 408 g/mol. The summed E-state index contributed by atoms with van der Waals surface area (Å²) in [6.07, 6.45) is -0.366. The van der Waals surface area contributed by atoms with Gasteiger partial charge in [0.1, 0.15) is 17.4 Å². The third-order valence-electron chi connectivity index (χ3n) is 5.15. The number of ether oxygens (including phenoxy) is 4. The zero-order chi connectivity index (χ0) is 21.8. The maximum absolute atomic E-state index is 12.9. The molecule has 1 aliphatic carbocycles. The van der Waals surface area contributed by atoms with Gasteiger partial charge in [-0.1, -0.05) is 6.07 Å². The molecule has 1 saturated carbocycles. The van der Waals surface area contributed by atoms with Gasteiger partial charge in [0.2, 0.25) is 0 Å². The summed E-state index contributed by atoms with van der Waals surface area (Å²) in [6, 6.07) is 4.85. The molecule has 1 aromatic carbocycles. The molecule has 8 nitrogen and oxygen atoms in total. The summed E-state index contributed by atoms with van der Waals surface area (Å²) >= 11 is 0. The van der Waals surface area contributed by atoms with E-state index in [1.807, 2.05) is 0 Å². The topological polar surface area (TPSA) is 108 Å². The number of esters is 2. The fourth-order valence-corrected chi connectivity index (χ4v) is 3.95. The summed E-state index contributed by atoms with van der Waals surface area (Å²) in [5, 5.41) is 11.0. The number of methoxy groups -OCH3 is 2. The number of rotatable bonds is 7. The van der Waals surface area contributed by atoms with Gasteiger partial charge in [-0.3, -0.25) is 14.4 Å². The number of benzene rings is 1. The van der Waals surface area contributed by atoms with E-state index in [1.54, 1.807) is 32.0 Å². The average Bonchev–Trinajstić information content (AvgIpc) is 2.66. The summed E-state index contributed by atoms with van der Waals surface area (Å²) in [6.45, 7) is 4.85. The SMILES string of the molecule is CCOC(=O)[C@H]1C(=O)C[C@](C)(O)[C@@H](C(=O)OCC)[C@H]1c1ccc(OC)cc1OC. The molecule has 0 bridgehead atoms. The number of hydrogen-bond acceptors (Lipinski definition) is 8. The van der Waals surface area contributed by atoms with E-state index in [0.29, 0.717) is 17.1 Å². The van der Waals surface area contributed by atoms with Crippen LogP contribution in [-0.4, -0.2) is 55.9 Å². The number of aliphatic hydroxyl groups is 1. The van der Waals surface area contributed by atoms with Crippen LogP contribution in [0.4, 0.5) is 0 Å². The fourth-order valence-electron chi connectivity index (χ4n) is 3.95. The summed E-state index contributed by atoms with van der Waals surface area (Å²) in [4.78, 5) is 38.4. The van der Waals surface area contributed by atoms with Crippen LogP contribution in [0.5, 0.6) is 11.5 Å². The number of hydrogen-bond donors (Lipinski definition) is 1. The summed E-state index contributed by atoms with van der Waals surface area (Å²) in [7, 11) is 2.92. The van der Waals surface area contributed by atoms with Gasteiger partial charge in [-0.25, -0.2) is 0 Å². The molecule has 0 saturated heterocycles. The number of Topliss-reactive ketones (excluding diaryl/α,β-unsaturated/α-hetero) is 1. The molecule has 0 unspecified atom stereocenters. The van der Waals surface area contributed by atoms with Crippen molar-refractivity contribution in [2.45, 2.75) is 38.7 Å². The van der Waals surface area contributed by atoms with Gasteiger partial charge in [0.25, 0.3) is 0 Å². The molecule has 0 aromatic heterocycles. The molecule has 2 rings (SSSR count). The van der Waals surface area contributed by atoms with Crippen LogP contribution in [0.25, 0.3) is 0 Å². The van der Waals surface area contributed by atoms with Crippen molar-refractivity contribution in [3.05, 3.63) is 23.8 Å². The smallest absolute Gasteiger partial charge is 0.317 e. The molecule has 0 radical (unpaired) electrons. The Labute approximate surface area is 170 Å². The maximum Gasteiger partial charge on any atom is 0.317 e. The molecule has 0 amide bonds.